The summed E-state index contributed by atoms with van der Waals surface area (Å²) in [5.74, 6) is -0.937. The fourth-order valence-corrected chi connectivity index (χ4v) is 1.16. The van der Waals surface area contributed by atoms with Crippen LogP contribution in [0.15, 0.2) is 0 Å². The van der Waals surface area contributed by atoms with E-state index in [4.69, 9.17) is 29.8 Å². The van der Waals surface area contributed by atoms with Gasteiger partial charge < -0.3 is 29.2 Å². The van der Waals surface area contributed by atoms with E-state index in [0.717, 1.165) is 0 Å². The molecular weight excluding hydrogens is 282 g/mol. The molecule has 0 amide bonds. The molecule has 0 aromatic heterocycles. The van der Waals surface area contributed by atoms with Gasteiger partial charge in [0.1, 0.15) is 12.2 Å². The smallest absolute Gasteiger partial charge is 0.356 e. The number of esters is 1. The molecule has 4 N–H and O–H groups in total. The van der Waals surface area contributed by atoms with E-state index in [-0.39, 0.29) is 33.0 Å². The zero-order chi connectivity index (χ0) is 16.4. The lowest BCUT2D eigenvalue weighted by Gasteiger charge is -2.26. The van der Waals surface area contributed by atoms with E-state index < -0.39 is 17.3 Å². The summed E-state index contributed by atoms with van der Waals surface area (Å²) in [5.41, 5.74) is 2.52. The molecular formula is C13H27NO7. The minimum Gasteiger partial charge on any atom is -0.457 e. The minimum atomic E-state index is -2.18. The highest BCUT2D eigenvalue weighted by atomic mass is 16.6. The Morgan fingerprint density at radius 2 is 1.48 bits per heavy atom. The lowest BCUT2D eigenvalue weighted by molar-refractivity contribution is -0.183. The Balaban J connectivity index is 3.68. The molecule has 0 spiro atoms. The maximum Gasteiger partial charge on any atom is 0.356 e. The maximum absolute atomic E-state index is 11.6. The lowest BCUT2D eigenvalue weighted by atomic mass is 10.2. The number of hydrogen-bond donors (Lipinski definition) is 3. The molecule has 0 aliphatic rings. The minimum absolute atomic E-state index is 0.0249. The first-order valence-corrected chi connectivity index (χ1v) is 6.78. The number of carbonyl (C=O) groups is 1. The second-order valence-corrected chi connectivity index (χ2v) is 5.43. The Morgan fingerprint density at radius 1 is 1.00 bits per heavy atom. The molecule has 0 bridgehead atoms. The van der Waals surface area contributed by atoms with Crippen LogP contribution < -0.4 is 5.73 Å². The highest BCUT2D eigenvalue weighted by Crippen LogP contribution is 2.11. The van der Waals surface area contributed by atoms with Gasteiger partial charge in [-0.25, -0.2) is 4.79 Å². The van der Waals surface area contributed by atoms with Crippen LogP contribution in [-0.4, -0.2) is 73.8 Å². The zero-order valence-corrected chi connectivity index (χ0v) is 13.0. The summed E-state index contributed by atoms with van der Waals surface area (Å²) >= 11 is 0. The van der Waals surface area contributed by atoms with Gasteiger partial charge in [-0.05, 0) is 20.8 Å². The maximum atomic E-state index is 11.6. The van der Waals surface area contributed by atoms with Crippen molar-refractivity contribution >= 4 is 5.97 Å². The van der Waals surface area contributed by atoms with Gasteiger partial charge in [-0.2, -0.15) is 0 Å². The third-order valence-corrected chi connectivity index (χ3v) is 2.05. The van der Waals surface area contributed by atoms with Gasteiger partial charge in [0, 0.05) is 0 Å². The molecule has 0 aromatic carbocycles. The Hall–Kier alpha value is -0.770. The predicted molar refractivity (Wildman–Crippen MR) is 74.5 cm³/mol. The van der Waals surface area contributed by atoms with Crippen LogP contribution in [0.1, 0.15) is 20.8 Å². The van der Waals surface area contributed by atoms with Gasteiger partial charge in [0.25, 0.3) is 0 Å². The van der Waals surface area contributed by atoms with E-state index in [2.05, 4.69) is 0 Å². The van der Waals surface area contributed by atoms with Crippen LogP contribution in [0.25, 0.3) is 0 Å². The van der Waals surface area contributed by atoms with Crippen molar-refractivity contribution in [2.75, 3.05) is 46.2 Å². The third kappa shape index (κ3) is 11.6. The van der Waals surface area contributed by atoms with Gasteiger partial charge in [0.05, 0.1) is 39.6 Å². The average Bonchev–Trinajstić information content (AvgIpc) is 2.34. The fraction of sp³-hybridized carbons (Fsp3) is 0.923. The number of aliphatic hydroxyl groups excluding tert-OH is 1. The fourth-order valence-electron chi connectivity index (χ4n) is 1.16. The van der Waals surface area contributed by atoms with E-state index in [1.165, 1.54) is 0 Å². The highest BCUT2D eigenvalue weighted by molar-refractivity contribution is 5.78. The summed E-state index contributed by atoms with van der Waals surface area (Å²) < 4.78 is 20.2. The van der Waals surface area contributed by atoms with Crippen LogP contribution in [-0.2, 0) is 23.7 Å². The van der Waals surface area contributed by atoms with E-state index in [9.17, 15) is 9.90 Å². The summed E-state index contributed by atoms with van der Waals surface area (Å²) in [5, 5.41) is 18.2. The van der Waals surface area contributed by atoms with Crippen LogP contribution >= 0.6 is 0 Å². The number of rotatable bonds is 11. The molecule has 1 atom stereocenters. The summed E-state index contributed by atoms with van der Waals surface area (Å²) in [6, 6.07) is 0. The quantitative estimate of drug-likeness (QED) is 0.253. The molecule has 8 heteroatoms. The molecule has 126 valence electrons. The van der Waals surface area contributed by atoms with Crippen molar-refractivity contribution in [2.45, 2.75) is 32.1 Å². The standard InChI is InChI=1S/C13H27NO7/c1-12(2,3)21-11(16)13(14,17)10-20-9-8-19-7-6-18-5-4-15/h15,17H,4-10,14H2,1-3H3. The van der Waals surface area contributed by atoms with Crippen molar-refractivity contribution in [2.24, 2.45) is 5.73 Å². The summed E-state index contributed by atoms with van der Waals surface area (Å²) in [7, 11) is 0. The molecule has 0 fully saturated rings. The summed E-state index contributed by atoms with van der Waals surface area (Å²) in [6.45, 7) is 6.07. The van der Waals surface area contributed by atoms with Gasteiger partial charge in [-0.3, -0.25) is 5.73 Å². The predicted octanol–water partition coefficient (Wildman–Crippen LogP) is -0.982. The largest absolute Gasteiger partial charge is 0.457 e. The molecule has 0 aliphatic heterocycles. The van der Waals surface area contributed by atoms with Crippen molar-refractivity contribution in [1.82, 2.24) is 0 Å². The van der Waals surface area contributed by atoms with Crippen molar-refractivity contribution in [1.29, 1.82) is 0 Å². The average molecular weight is 309 g/mol. The van der Waals surface area contributed by atoms with Crippen LogP contribution in [0.4, 0.5) is 0 Å². The number of hydrogen-bond acceptors (Lipinski definition) is 8. The van der Waals surface area contributed by atoms with Crippen LogP contribution in [0.5, 0.6) is 0 Å². The van der Waals surface area contributed by atoms with Crippen molar-refractivity contribution in [3.63, 3.8) is 0 Å². The molecule has 0 aromatic rings. The topological polar surface area (TPSA) is 120 Å². The monoisotopic (exact) mass is 309 g/mol. The molecule has 0 heterocycles. The van der Waals surface area contributed by atoms with Gasteiger partial charge >= 0.3 is 5.97 Å². The normalized spacial score (nSPS) is 14.8. The molecule has 0 saturated heterocycles. The summed E-state index contributed by atoms with van der Waals surface area (Å²) in [6.07, 6.45) is 0. The van der Waals surface area contributed by atoms with Gasteiger partial charge in [-0.1, -0.05) is 0 Å². The van der Waals surface area contributed by atoms with E-state index in [1.54, 1.807) is 20.8 Å². The number of nitrogens with two attached hydrogens (primary N) is 1. The first kappa shape index (κ1) is 20.2. The first-order chi connectivity index (χ1) is 9.69. The Morgan fingerprint density at radius 3 is 1.95 bits per heavy atom. The Bertz CT molecular complexity index is 289. The first-order valence-electron chi connectivity index (χ1n) is 6.78. The second-order valence-electron chi connectivity index (χ2n) is 5.43. The number of aliphatic hydroxyl groups is 2. The lowest BCUT2D eigenvalue weighted by Crippen LogP contribution is -2.54. The molecule has 1 unspecified atom stereocenters. The number of carbonyl (C=O) groups excluding carboxylic acids is 1. The SMILES string of the molecule is CC(C)(C)OC(=O)C(N)(O)COCCOCCOCCO. The Labute approximate surface area is 125 Å². The van der Waals surface area contributed by atoms with Crippen molar-refractivity contribution in [3.05, 3.63) is 0 Å². The molecule has 21 heavy (non-hydrogen) atoms. The summed E-state index contributed by atoms with van der Waals surface area (Å²) in [4.78, 5) is 11.6. The Kier molecular flexibility index (Phi) is 9.67. The van der Waals surface area contributed by atoms with Gasteiger partial charge in [0.15, 0.2) is 0 Å². The third-order valence-electron chi connectivity index (χ3n) is 2.05. The number of ether oxygens (including phenoxy) is 4. The van der Waals surface area contributed by atoms with Crippen LogP contribution in [0.2, 0.25) is 0 Å². The molecule has 0 rings (SSSR count). The van der Waals surface area contributed by atoms with Gasteiger partial charge in [-0.15, -0.1) is 0 Å². The highest BCUT2D eigenvalue weighted by Gasteiger charge is 2.36. The molecule has 8 nitrogen and oxygen atoms in total. The van der Waals surface area contributed by atoms with Crippen molar-refractivity contribution in [3.8, 4) is 0 Å². The van der Waals surface area contributed by atoms with E-state index >= 15 is 0 Å². The van der Waals surface area contributed by atoms with Crippen LogP contribution in [0, 0.1) is 0 Å². The van der Waals surface area contributed by atoms with E-state index in [0.29, 0.717) is 13.2 Å². The molecule has 0 radical (unpaired) electrons. The second kappa shape index (κ2) is 10.0. The van der Waals surface area contributed by atoms with Crippen molar-refractivity contribution < 1.29 is 34.0 Å². The molecule has 0 aliphatic carbocycles. The van der Waals surface area contributed by atoms with E-state index in [1.807, 2.05) is 0 Å². The van der Waals surface area contributed by atoms with Gasteiger partial charge in [0.2, 0.25) is 5.72 Å². The zero-order valence-electron chi connectivity index (χ0n) is 13.0. The van der Waals surface area contributed by atoms with Crippen LogP contribution in [0.3, 0.4) is 0 Å². The molecule has 0 saturated carbocycles.